The van der Waals surface area contributed by atoms with Gasteiger partial charge in [0, 0.05) is 23.1 Å². The molecule has 0 bridgehead atoms. The van der Waals surface area contributed by atoms with Crippen LogP contribution in [0, 0.1) is 0 Å². The van der Waals surface area contributed by atoms with Gasteiger partial charge in [-0.15, -0.1) is 11.3 Å². The minimum atomic E-state index is -0.142. The summed E-state index contributed by atoms with van der Waals surface area (Å²) >= 11 is 1.53. The molecule has 1 amide bonds. The van der Waals surface area contributed by atoms with Gasteiger partial charge in [-0.1, -0.05) is 18.2 Å². The lowest BCUT2D eigenvalue weighted by Gasteiger charge is -2.10. The molecule has 0 fully saturated rings. The number of aromatic nitrogens is 1. The van der Waals surface area contributed by atoms with Crippen molar-refractivity contribution in [1.82, 2.24) is 10.3 Å². The molecule has 5 nitrogen and oxygen atoms in total. The lowest BCUT2D eigenvalue weighted by molar-refractivity contribution is 0.0950. The molecular formula is C19H18N2O3S. The summed E-state index contributed by atoms with van der Waals surface area (Å²) in [6.45, 7) is 0.827. The molecule has 0 aliphatic heterocycles. The molecule has 0 spiro atoms. The molecule has 6 heteroatoms. The number of thiazole rings is 1. The largest absolute Gasteiger partial charge is 0.496 e. The van der Waals surface area contributed by atoms with E-state index in [9.17, 15) is 4.79 Å². The fraction of sp³-hybridized carbons (Fsp3) is 0.158. The molecule has 0 aliphatic rings. The van der Waals surface area contributed by atoms with Gasteiger partial charge in [0.1, 0.15) is 18.1 Å². The zero-order valence-electron chi connectivity index (χ0n) is 13.8. The quantitative estimate of drug-likeness (QED) is 0.703. The van der Waals surface area contributed by atoms with Crippen molar-refractivity contribution in [3.8, 4) is 11.5 Å². The van der Waals surface area contributed by atoms with Crippen molar-refractivity contribution in [1.29, 1.82) is 0 Å². The third kappa shape index (κ3) is 4.58. The Morgan fingerprint density at radius 1 is 1.16 bits per heavy atom. The van der Waals surface area contributed by atoms with E-state index >= 15 is 0 Å². The van der Waals surface area contributed by atoms with E-state index in [0.29, 0.717) is 24.5 Å². The molecule has 25 heavy (non-hydrogen) atoms. The van der Waals surface area contributed by atoms with Crippen LogP contribution in [0.5, 0.6) is 11.5 Å². The Balaban J connectivity index is 1.55. The van der Waals surface area contributed by atoms with E-state index in [1.165, 1.54) is 11.3 Å². The molecule has 0 saturated carbocycles. The van der Waals surface area contributed by atoms with Crippen LogP contribution in [-0.2, 0) is 13.2 Å². The van der Waals surface area contributed by atoms with Crippen molar-refractivity contribution in [3.63, 3.8) is 0 Å². The van der Waals surface area contributed by atoms with Crippen molar-refractivity contribution in [2.24, 2.45) is 0 Å². The zero-order chi connectivity index (χ0) is 17.5. The van der Waals surface area contributed by atoms with Gasteiger partial charge < -0.3 is 14.8 Å². The van der Waals surface area contributed by atoms with Crippen molar-refractivity contribution < 1.29 is 14.3 Å². The number of nitrogens with zero attached hydrogens (tertiary/aromatic N) is 1. The normalized spacial score (nSPS) is 10.3. The molecule has 3 aromatic rings. The number of hydrogen-bond donors (Lipinski definition) is 1. The molecule has 0 atom stereocenters. The number of nitrogens with one attached hydrogen (secondary N) is 1. The standard InChI is InChI=1S/C19H18N2O3S/c1-23-18-5-3-2-4-15(18)10-20-19(22)14-6-8-17(9-7-14)24-11-16-12-25-13-21-16/h2-9,12-13H,10-11H2,1H3,(H,20,22). The Bertz CT molecular complexity index is 817. The van der Waals surface area contributed by atoms with Gasteiger partial charge in [0.2, 0.25) is 0 Å². The summed E-state index contributed by atoms with van der Waals surface area (Å²) in [6.07, 6.45) is 0. The minimum Gasteiger partial charge on any atom is -0.496 e. The third-order valence-electron chi connectivity index (χ3n) is 3.62. The predicted molar refractivity (Wildman–Crippen MR) is 97.1 cm³/mol. The maximum absolute atomic E-state index is 12.3. The third-order valence-corrected chi connectivity index (χ3v) is 4.25. The molecular weight excluding hydrogens is 336 g/mol. The maximum Gasteiger partial charge on any atom is 0.251 e. The first kappa shape index (κ1) is 17.0. The van der Waals surface area contributed by atoms with E-state index in [2.05, 4.69) is 10.3 Å². The number of amides is 1. The second-order valence-corrected chi connectivity index (χ2v) is 6.01. The summed E-state index contributed by atoms with van der Waals surface area (Å²) in [6, 6.07) is 14.7. The van der Waals surface area contributed by atoms with Crippen LogP contribution < -0.4 is 14.8 Å². The van der Waals surface area contributed by atoms with Gasteiger partial charge in [-0.25, -0.2) is 4.98 Å². The van der Waals surface area contributed by atoms with Crippen LogP contribution in [0.1, 0.15) is 21.6 Å². The topological polar surface area (TPSA) is 60.5 Å². The summed E-state index contributed by atoms with van der Waals surface area (Å²) in [5.41, 5.74) is 4.18. The molecule has 0 unspecified atom stereocenters. The van der Waals surface area contributed by atoms with E-state index in [-0.39, 0.29) is 5.91 Å². The number of carbonyl (C=O) groups is 1. The van der Waals surface area contributed by atoms with Gasteiger partial charge in [-0.05, 0) is 30.3 Å². The van der Waals surface area contributed by atoms with Crippen LogP contribution in [0.3, 0.4) is 0 Å². The highest BCUT2D eigenvalue weighted by Gasteiger charge is 2.08. The summed E-state index contributed by atoms with van der Waals surface area (Å²) in [7, 11) is 1.62. The molecule has 0 aliphatic carbocycles. The van der Waals surface area contributed by atoms with Crippen LogP contribution in [0.4, 0.5) is 0 Å². The molecule has 128 valence electrons. The monoisotopic (exact) mass is 354 g/mol. The van der Waals surface area contributed by atoms with Gasteiger partial charge in [0.05, 0.1) is 18.3 Å². The lowest BCUT2D eigenvalue weighted by Crippen LogP contribution is -2.22. The van der Waals surface area contributed by atoms with Crippen LogP contribution in [0.2, 0.25) is 0 Å². The Kier molecular flexibility index (Phi) is 5.64. The summed E-state index contributed by atoms with van der Waals surface area (Å²) in [5.74, 6) is 1.32. The number of rotatable bonds is 7. The lowest BCUT2D eigenvalue weighted by atomic mass is 10.1. The van der Waals surface area contributed by atoms with E-state index in [1.807, 2.05) is 29.6 Å². The number of hydrogen-bond acceptors (Lipinski definition) is 5. The smallest absolute Gasteiger partial charge is 0.251 e. The van der Waals surface area contributed by atoms with E-state index in [4.69, 9.17) is 9.47 Å². The highest BCUT2D eigenvalue weighted by molar-refractivity contribution is 7.07. The van der Waals surface area contributed by atoms with Crippen LogP contribution in [0.15, 0.2) is 59.4 Å². The Labute approximate surface area is 150 Å². The molecule has 1 N–H and O–H groups in total. The first-order valence-corrected chi connectivity index (χ1v) is 8.70. The first-order valence-electron chi connectivity index (χ1n) is 7.76. The highest BCUT2D eigenvalue weighted by Crippen LogP contribution is 2.18. The van der Waals surface area contributed by atoms with E-state index in [0.717, 1.165) is 17.0 Å². The average molecular weight is 354 g/mol. The van der Waals surface area contributed by atoms with Crippen molar-refractivity contribution >= 4 is 17.2 Å². The fourth-order valence-electron chi connectivity index (χ4n) is 2.30. The Morgan fingerprint density at radius 2 is 1.96 bits per heavy atom. The summed E-state index contributed by atoms with van der Waals surface area (Å²) < 4.78 is 10.9. The maximum atomic E-state index is 12.3. The van der Waals surface area contributed by atoms with Gasteiger partial charge >= 0.3 is 0 Å². The number of ether oxygens (including phenoxy) is 2. The van der Waals surface area contributed by atoms with Gasteiger partial charge in [0.25, 0.3) is 5.91 Å². The molecule has 1 aromatic heterocycles. The number of methoxy groups -OCH3 is 1. The van der Waals surface area contributed by atoms with Crippen molar-refractivity contribution in [2.45, 2.75) is 13.2 Å². The SMILES string of the molecule is COc1ccccc1CNC(=O)c1ccc(OCc2cscn2)cc1. The minimum absolute atomic E-state index is 0.142. The van der Waals surface area contributed by atoms with Crippen molar-refractivity contribution in [3.05, 3.63) is 76.2 Å². The highest BCUT2D eigenvalue weighted by atomic mass is 32.1. The molecule has 0 radical (unpaired) electrons. The van der Waals surface area contributed by atoms with Crippen LogP contribution in [-0.4, -0.2) is 18.0 Å². The fourth-order valence-corrected chi connectivity index (χ4v) is 2.84. The molecule has 3 rings (SSSR count). The van der Waals surface area contributed by atoms with Gasteiger partial charge in [-0.2, -0.15) is 0 Å². The Hall–Kier alpha value is -2.86. The average Bonchev–Trinajstić information content (AvgIpc) is 3.18. The zero-order valence-corrected chi connectivity index (χ0v) is 14.6. The van der Waals surface area contributed by atoms with E-state index < -0.39 is 0 Å². The second-order valence-electron chi connectivity index (χ2n) is 5.29. The Morgan fingerprint density at radius 3 is 2.68 bits per heavy atom. The summed E-state index contributed by atoms with van der Waals surface area (Å²) in [5, 5.41) is 4.84. The predicted octanol–water partition coefficient (Wildman–Crippen LogP) is 3.66. The molecule has 1 heterocycles. The van der Waals surface area contributed by atoms with E-state index in [1.54, 1.807) is 36.9 Å². The summed E-state index contributed by atoms with van der Waals surface area (Å²) in [4.78, 5) is 16.4. The molecule has 2 aromatic carbocycles. The van der Waals surface area contributed by atoms with Gasteiger partial charge in [-0.3, -0.25) is 4.79 Å². The van der Waals surface area contributed by atoms with Crippen LogP contribution in [0.25, 0.3) is 0 Å². The van der Waals surface area contributed by atoms with Crippen LogP contribution >= 0.6 is 11.3 Å². The first-order chi connectivity index (χ1) is 12.3. The number of para-hydroxylation sites is 1. The van der Waals surface area contributed by atoms with Gasteiger partial charge in [0.15, 0.2) is 0 Å². The number of benzene rings is 2. The molecule has 0 saturated heterocycles. The van der Waals surface area contributed by atoms with Crippen molar-refractivity contribution in [2.75, 3.05) is 7.11 Å². The second kappa shape index (κ2) is 8.30. The number of carbonyl (C=O) groups excluding carboxylic acids is 1.